The van der Waals surface area contributed by atoms with Gasteiger partial charge in [0.2, 0.25) is 35.4 Å². The van der Waals surface area contributed by atoms with Gasteiger partial charge in [-0.2, -0.15) is 0 Å². The van der Waals surface area contributed by atoms with E-state index in [1.54, 1.807) is 9.80 Å². The summed E-state index contributed by atoms with van der Waals surface area (Å²) in [6.45, 7) is 3.51. The quantitative estimate of drug-likeness (QED) is 0.0544. The molecule has 4 fully saturated rings. The van der Waals surface area contributed by atoms with Crippen LogP contribution >= 0.6 is 0 Å². The highest BCUT2D eigenvalue weighted by Gasteiger charge is 2.45. The first-order valence-corrected chi connectivity index (χ1v) is 28.5. The summed E-state index contributed by atoms with van der Waals surface area (Å²) in [6, 6.07) is 30.6. The van der Waals surface area contributed by atoms with Crippen LogP contribution in [-0.2, 0) is 64.0 Å². The average molecular weight is 1120 g/mol. The number of hydrogen-bond acceptors (Lipinski definition) is 10. The number of carboxylic acids is 1. The lowest BCUT2D eigenvalue weighted by Crippen LogP contribution is -2.56. The maximum Gasteiger partial charge on any atom is 0.326 e. The van der Waals surface area contributed by atoms with Crippen molar-refractivity contribution in [2.24, 2.45) is 11.5 Å². The van der Waals surface area contributed by atoms with Gasteiger partial charge in [0.05, 0.1) is 6.04 Å². The first kappa shape index (κ1) is 59.8. The number of aromatic amines is 2. The molecule has 20 heteroatoms. The molecule has 8 atom stereocenters. The Morgan fingerprint density at radius 3 is 1.55 bits per heavy atom. The van der Waals surface area contributed by atoms with E-state index in [1.165, 1.54) is 9.80 Å². The van der Waals surface area contributed by atoms with E-state index in [9.17, 15) is 38.7 Å². The molecule has 6 heterocycles. The number of rotatable bonds is 18. The SMILES string of the molecule is CC(Cc1ccccc1)NC(=O)C1CCCN1C(=O)C1CCCN1C(=O)C(N)Cc1c[nH]c2ccccc12.NC(CC(=O)NC(Cc1c[nH]c2ccccc12)C(=O)N1CCCC1C(=O)N1CCCC1C(=O)O)Cc1ccccc1.O=CO. The number of hydrogen-bond donors (Lipinski definition) is 8. The Hall–Kier alpha value is -8.36. The third-order valence-electron chi connectivity index (χ3n) is 16.0. The maximum atomic E-state index is 14.0. The number of fused-ring (bicyclic) bond motifs is 2. The van der Waals surface area contributed by atoms with Crippen molar-refractivity contribution in [3.63, 3.8) is 0 Å². The van der Waals surface area contributed by atoms with Crippen LogP contribution in [0.1, 0.15) is 87.0 Å². The van der Waals surface area contributed by atoms with Gasteiger partial charge in [0.25, 0.3) is 6.47 Å². The Labute approximate surface area is 476 Å². The van der Waals surface area contributed by atoms with E-state index in [-0.39, 0.29) is 60.8 Å². The van der Waals surface area contributed by atoms with Crippen LogP contribution < -0.4 is 22.1 Å². The monoisotopic (exact) mass is 1120 g/mol. The Morgan fingerprint density at radius 1 is 0.573 bits per heavy atom. The number of carboxylic acid groups (broad SMARTS) is 2. The summed E-state index contributed by atoms with van der Waals surface area (Å²) in [5.41, 5.74) is 18.7. The van der Waals surface area contributed by atoms with Gasteiger partial charge in [0, 0.05) is 85.3 Å². The molecule has 0 aliphatic carbocycles. The molecule has 10 rings (SSSR count). The van der Waals surface area contributed by atoms with Gasteiger partial charge in [-0.05, 0) is 112 Å². The Bertz CT molecular complexity index is 3170. The molecule has 6 amide bonds. The minimum atomic E-state index is -1.02. The van der Waals surface area contributed by atoms with Crippen molar-refractivity contribution in [3.8, 4) is 0 Å². The second-order valence-corrected chi connectivity index (χ2v) is 21.8. The van der Waals surface area contributed by atoms with Gasteiger partial charge < -0.3 is 61.9 Å². The molecule has 4 saturated heterocycles. The zero-order valence-electron chi connectivity index (χ0n) is 46.4. The highest BCUT2D eigenvalue weighted by Crippen LogP contribution is 2.29. The van der Waals surface area contributed by atoms with Gasteiger partial charge >= 0.3 is 5.97 Å². The maximum absolute atomic E-state index is 14.0. The summed E-state index contributed by atoms with van der Waals surface area (Å²) in [6.07, 6.45) is 10.5. The molecular weight excluding hydrogens is 1040 g/mol. The largest absolute Gasteiger partial charge is 0.483 e. The molecule has 4 aliphatic heterocycles. The summed E-state index contributed by atoms with van der Waals surface area (Å²) in [7, 11) is 0. The van der Waals surface area contributed by atoms with Crippen molar-refractivity contribution in [3.05, 3.63) is 144 Å². The normalized spacial score (nSPS) is 20.0. The van der Waals surface area contributed by atoms with Crippen LogP contribution in [0.3, 0.4) is 0 Å². The predicted molar refractivity (Wildman–Crippen MR) is 310 cm³/mol. The number of H-pyrrole nitrogens is 2. The first-order chi connectivity index (χ1) is 39.6. The second-order valence-electron chi connectivity index (χ2n) is 21.8. The summed E-state index contributed by atoms with van der Waals surface area (Å²) in [4.78, 5) is 114. The molecule has 0 saturated carbocycles. The van der Waals surface area contributed by atoms with Gasteiger partial charge in [-0.15, -0.1) is 0 Å². The molecule has 0 spiro atoms. The third kappa shape index (κ3) is 14.8. The highest BCUT2D eigenvalue weighted by molar-refractivity contribution is 5.96. The minimum Gasteiger partial charge on any atom is -0.483 e. The van der Waals surface area contributed by atoms with Crippen LogP contribution in [0.2, 0.25) is 0 Å². The number of nitrogens with zero attached hydrogens (tertiary/aromatic N) is 4. The number of benzene rings is 4. The number of amides is 6. The highest BCUT2D eigenvalue weighted by atomic mass is 16.4. The van der Waals surface area contributed by atoms with Crippen molar-refractivity contribution in [2.75, 3.05) is 26.2 Å². The molecule has 10 N–H and O–H groups in total. The predicted octanol–water partition coefficient (Wildman–Crippen LogP) is 4.69. The fourth-order valence-electron chi connectivity index (χ4n) is 12.1. The number of aliphatic carboxylic acids is 1. The fourth-order valence-corrected chi connectivity index (χ4v) is 12.1. The number of carbonyl (C=O) groups excluding carboxylic acids is 6. The topological polar surface area (TPSA) is 298 Å². The molecule has 8 unspecified atom stereocenters. The lowest BCUT2D eigenvalue weighted by atomic mass is 10.0. The summed E-state index contributed by atoms with van der Waals surface area (Å²) < 4.78 is 0. The van der Waals surface area contributed by atoms with E-state index in [4.69, 9.17) is 21.4 Å². The number of nitrogens with one attached hydrogen (secondary N) is 4. The lowest BCUT2D eigenvalue weighted by Gasteiger charge is -2.32. The lowest BCUT2D eigenvalue weighted by molar-refractivity contribution is -0.152. The Balaban J connectivity index is 0.000000205. The van der Waals surface area contributed by atoms with E-state index in [2.05, 4.69) is 20.6 Å². The van der Waals surface area contributed by atoms with Crippen LogP contribution in [0.4, 0.5) is 0 Å². The first-order valence-electron chi connectivity index (χ1n) is 28.5. The number of aromatic nitrogens is 2. The van der Waals surface area contributed by atoms with Crippen molar-refractivity contribution in [2.45, 2.75) is 139 Å². The van der Waals surface area contributed by atoms with Crippen LogP contribution in [0.25, 0.3) is 21.8 Å². The molecular formula is C62H76N10O10. The number of likely N-dealkylation sites (tertiary alicyclic amines) is 4. The van der Waals surface area contributed by atoms with E-state index in [0.717, 1.165) is 63.3 Å². The molecule has 6 aromatic rings. The van der Waals surface area contributed by atoms with E-state index < -0.39 is 48.3 Å². The molecule has 0 bridgehead atoms. The van der Waals surface area contributed by atoms with E-state index >= 15 is 0 Å². The molecule has 0 radical (unpaired) electrons. The fraction of sp³-hybridized carbons (Fsp3) is 0.419. The number of nitrogens with two attached hydrogens (primary N) is 2. The Morgan fingerprint density at radius 2 is 1.01 bits per heavy atom. The van der Waals surface area contributed by atoms with Crippen molar-refractivity contribution < 1.29 is 48.6 Å². The average Bonchev–Trinajstić information content (AvgIpc) is 4.42. The van der Waals surface area contributed by atoms with E-state index in [0.29, 0.717) is 77.5 Å². The second kappa shape index (κ2) is 28.4. The zero-order valence-corrected chi connectivity index (χ0v) is 46.4. The van der Waals surface area contributed by atoms with Gasteiger partial charge in [-0.25, -0.2) is 4.79 Å². The van der Waals surface area contributed by atoms with Gasteiger partial charge in [-0.1, -0.05) is 97.1 Å². The third-order valence-corrected chi connectivity index (χ3v) is 16.0. The van der Waals surface area contributed by atoms with Crippen LogP contribution in [0.15, 0.2) is 122 Å². The standard InChI is InChI=1S/C31H37N5O5.C30H37N5O3.CH2O2/c32-22(16-20-8-2-1-3-9-20)18-28(37)34-25(17-21-19-33-24-11-5-4-10-23(21)24)29(38)35-14-6-12-26(35)30(39)36-15-7-13-27(36)31(40)41;1-20(17-21-9-3-2-4-10-21)33-28(36)26-13-7-15-34(26)30(38)27-14-8-16-35(27)29(37)24(31)18-22-19-32-25-12-6-5-11-23(22)25;2-1-3/h1-5,8-11,19,22,25-27,33H,6-7,12-18,32H2,(H,34,37)(H,40,41);2-6,9-12,19-20,24,26-27,32H,7-8,13-18,31H2,1H3,(H,33,36);1H,(H,2,3). The van der Waals surface area contributed by atoms with Crippen LogP contribution in [0, 0.1) is 0 Å². The summed E-state index contributed by atoms with van der Waals surface area (Å²) >= 11 is 0. The number of para-hydroxylation sites is 2. The number of carbonyl (C=O) groups is 8. The minimum absolute atomic E-state index is 0.0446. The molecule has 434 valence electrons. The molecule has 2 aromatic heterocycles. The van der Waals surface area contributed by atoms with Crippen LogP contribution in [0.5, 0.6) is 0 Å². The van der Waals surface area contributed by atoms with Gasteiger partial charge in [0.15, 0.2) is 0 Å². The Kier molecular flexibility index (Phi) is 20.7. The smallest absolute Gasteiger partial charge is 0.326 e. The summed E-state index contributed by atoms with van der Waals surface area (Å²) in [5, 5.41) is 24.5. The molecule has 82 heavy (non-hydrogen) atoms. The van der Waals surface area contributed by atoms with Crippen LogP contribution in [-0.4, -0.2) is 162 Å². The molecule has 4 aliphatic rings. The van der Waals surface area contributed by atoms with Crippen molar-refractivity contribution >= 4 is 69.7 Å². The zero-order chi connectivity index (χ0) is 58.3. The van der Waals surface area contributed by atoms with Crippen molar-refractivity contribution in [1.82, 2.24) is 40.2 Å². The van der Waals surface area contributed by atoms with E-state index in [1.807, 2.05) is 129 Å². The van der Waals surface area contributed by atoms with Gasteiger partial charge in [0.1, 0.15) is 30.2 Å². The molecule has 4 aromatic carbocycles. The summed E-state index contributed by atoms with van der Waals surface area (Å²) in [5.74, 6) is -2.50. The van der Waals surface area contributed by atoms with Crippen molar-refractivity contribution in [1.29, 1.82) is 0 Å². The molecule has 20 nitrogen and oxygen atoms in total. The van der Waals surface area contributed by atoms with Gasteiger partial charge in [-0.3, -0.25) is 33.6 Å².